The molecule has 1 unspecified atom stereocenters. The molecule has 0 amide bonds. The van der Waals surface area contributed by atoms with Crippen molar-refractivity contribution >= 4 is 17.0 Å². The Kier molecular flexibility index (Phi) is 0.834. The van der Waals surface area contributed by atoms with Gasteiger partial charge in [0.1, 0.15) is 0 Å². The van der Waals surface area contributed by atoms with E-state index in [1.54, 1.807) is 0 Å². The molecule has 6 saturated carbocycles. The third-order valence-corrected chi connectivity index (χ3v) is 7.80. The lowest BCUT2D eigenvalue weighted by Crippen LogP contribution is -3.14. The maximum Gasteiger partial charge on any atom is 0.312 e. The molecule has 0 heterocycles. The first-order valence-electron chi connectivity index (χ1n) is 5.35. The van der Waals surface area contributed by atoms with Gasteiger partial charge in [-0.05, 0) is 35.5 Å². The fourth-order valence-corrected chi connectivity index (χ4v) is 7.94. The minimum Gasteiger partial charge on any atom is -0.469 e. The summed E-state index contributed by atoms with van der Waals surface area (Å²) in [6, 6.07) is 0. The van der Waals surface area contributed by atoms with Crippen molar-refractivity contribution in [3.8, 4) is 0 Å². The van der Waals surface area contributed by atoms with Crippen molar-refractivity contribution in [3.05, 3.63) is 0 Å². The van der Waals surface area contributed by atoms with E-state index in [9.17, 15) is 13.6 Å². The highest BCUT2D eigenvalue weighted by atomic mass is 32.2. The molecule has 0 saturated heterocycles. The largest absolute Gasteiger partial charge is 0.469 e. The van der Waals surface area contributed by atoms with E-state index >= 15 is 0 Å². The summed E-state index contributed by atoms with van der Waals surface area (Å²) in [5, 5.41) is 0. The number of carbonyl (C=O) groups excluding carboxylic acids is 1. The number of hydrogen-bond acceptors (Lipinski definition) is 3. The van der Waals surface area contributed by atoms with E-state index in [0.29, 0.717) is 35.5 Å². The summed E-state index contributed by atoms with van der Waals surface area (Å²) < 4.78 is 25.3. The van der Waals surface area contributed by atoms with Crippen LogP contribution in [0.3, 0.4) is 0 Å². The first kappa shape index (κ1) is 7.79. The molecule has 0 aromatic heterocycles. The van der Waals surface area contributed by atoms with Gasteiger partial charge in [0.25, 0.3) is 0 Å². The smallest absolute Gasteiger partial charge is 0.312 e. The van der Waals surface area contributed by atoms with Crippen LogP contribution < -0.4 is 0 Å². The van der Waals surface area contributed by atoms with Crippen LogP contribution in [0.25, 0.3) is 0 Å². The molecular weight excluding hydrogens is 216 g/mol. The van der Waals surface area contributed by atoms with Gasteiger partial charge < -0.3 is 9.29 Å². The van der Waals surface area contributed by atoms with Crippen molar-refractivity contribution < 1.29 is 18.3 Å². The molecule has 6 rings (SSSR count). The lowest BCUT2D eigenvalue weighted by Gasteiger charge is -3.08. The van der Waals surface area contributed by atoms with Crippen LogP contribution in [0.1, 0.15) is 0 Å². The predicted octanol–water partition coefficient (Wildman–Crippen LogP) is -0.129. The Morgan fingerprint density at radius 1 is 1.20 bits per heavy atom. The van der Waals surface area contributed by atoms with E-state index in [4.69, 9.17) is 4.74 Å². The molecule has 0 spiro atoms. The maximum absolute atomic E-state index is 11.7. The van der Waals surface area contributed by atoms with Gasteiger partial charge in [0.2, 0.25) is 0 Å². The van der Waals surface area contributed by atoms with E-state index in [0.717, 1.165) is 0 Å². The second kappa shape index (κ2) is 1.61. The van der Waals surface area contributed by atoms with Crippen LogP contribution in [0.15, 0.2) is 0 Å². The van der Waals surface area contributed by atoms with Crippen molar-refractivity contribution in [1.82, 2.24) is 0 Å². The molecule has 0 radical (unpaired) electrons. The summed E-state index contributed by atoms with van der Waals surface area (Å²) in [6.07, 6.45) is 0. The number of rotatable bonds is 2. The summed E-state index contributed by atoms with van der Waals surface area (Å²) >= 11 is -1.67. The van der Waals surface area contributed by atoms with E-state index in [2.05, 4.69) is 0 Å². The maximum atomic E-state index is 11.7. The Morgan fingerprint density at radius 3 is 2.00 bits per heavy atom. The van der Waals surface area contributed by atoms with Gasteiger partial charge in [-0.25, -0.2) is 4.21 Å². The molecule has 0 bridgehead atoms. The number of ether oxygens (including phenoxy) is 1. The van der Waals surface area contributed by atoms with E-state index in [-0.39, 0.29) is 16.1 Å². The Morgan fingerprint density at radius 2 is 1.67 bits per heavy atom. The van der Waals surface area contributed by atoms with Crippen molar-refractivity contribution in [1.29, 1.82) is 0 Å². The van der Waals surface area contributed by atoms with Crippen molar-refractivity contribution in [2.45, 2.75) is 4.75 Å². The Labute approximate surface area is 88.6 Å². The van der Waals surface area contributed by atoms with Gasteiger partial charge in [-0.1, -0.05) is 0 Å². The highest BCUT2D eigenvalue weighted by molar-refractivity contribution is 7.81. The highest BCUT2D eigenvalue weighted by Crippen LogP contribution is 3.08. The Bertz CT molecular complexity index is 416. The third-order valence-electron chi connectivity index (χ3n) is 6.38. The molecule has 1 atom stereocenters. The van der Waals surface area contributed by atoms with Crippen molar-refractivity contribution in [2.75, 3.05) is 7.11 Å². The van der Waals surface area contributed by atoms with Crippen LogP contribution in [0, 0.1) is 40.9 Å². The molecule has 4 nitrogen and oxygen atoms in total. The van der Waals surface area contributed by atoms with Crippen LogP contribution in [-0.2, 0) is 20.6 Å². The van der Waals surface area contributed by atoms with Gasteiger partial charge >= 0.3 is 5.97 Å². The molecule has 0 aliphatic heterocycles. The number of esters is 1. The van der Waals surface area contributed by atoms with E-state index in [1.807, 2.05) is 0 Å². The van der Waals surface area contributed by atoms with E-state index in [1.165, 1.54) is 7.11 Å². The molecule has 0 aromatic carbocycles. The van der Waals surface area contributed by atoms with Crippen LogP contribution in [0.5, 0.6) is 0 Å². The number of hydrogen-bond donors (Lipinski definition) is 1. The van der Waals surface area contributed by atoms with Crippen molar-refractivity contribution in [3.63, 3.8) is 0 Å². The average molecular weight is 226 g/mol. The molecule has 15 heavy (non-hydrogen) atoms. The zero-order chi connectivity index (χ0) is 10.3. The fourth-order valence-electron chi connectivity index (χ4n) is 6.36. The zero-order valence-electron chi connectivity index (χ0n) is 8.04. The number of methoxy groups -OCH3 is 1. The monoisotopic (exact) mass is 226 g/mol. The molecule has 80 valence electrons. The van der Waals surface area contributed by atoms with Crippen molar-refractivity contribution in [2.24, 2.45) is 40.9 Å². The van der Waals surface area contributed by atoms with E-state index < -0.39 is 11.1 Å². The van der Waals surface area contributed by atoms with Crippen LogP contribution >= 0.6 is 0 Å². The fraction of sp³-hybridized carbons (Fsp3) is 0.900. The lowest BCUT2D eigenvalue weighted by atomic mass is 8.96. The number of carbonyl (C=O) groups is 1. The van der Waals surface area contributed by atoms with Crippen LogP contribution in [0.4, 0.5) is 0 Å². The molecular formula is C10H10O4S. The quantitative estimate of drug-likeness (QED) is 0.526. The zero-order valence-corrected chi connectivity index (χ0v) is 8.86. The van der Waals surface area contributed by atoms with Gasteiger partial charge in [-0.15, -0.1) is 0 Å². The Hall–Kier alpha value is -0.420. The summed E-state index contributed by atoms with van der Waals surface area (Å²) in [6.45, 7) is 0. The lowest BCUT2D eigenvalue weighted by molar-refractivity contribution is -0.582. The van der Waals surface area contributed by atoms with Crippen LogP contribution in [-0.4, -0.2) is 26.6 Å². The standard InChI is InChI=1S/C10H10O4S/c1-14-8(11)9-2-5-3(9)7-4(9)6(2)10(5,7)15(12)13/h2-7H,1H3,(H,12,13). The van der Waals surface area contributed by atoms with Gasteiger partial charge in [-0.2, -0.15) is 0 Å². The summed E-state index contributed by atoms with van der Waals surface area (Å²) in [5.41, 5.74) is -0.171. The molecule has 6 fully saturated rings. The highest BCUT2D eigenvalue weighted by Gasteiger charge is 3.13. The molecule has 5 heteroatoms. The molecule has 6 aliphatic carbocycles. The predicted molar refractivity (Wildman–Crippen MR) is 48.9 cm³/mol. The first-order valence-corrected chi connectivity index (χ1v) is 6.46. The third kappa shape index (κ3) is 0.336. The topological polar surface area (TPSA) is 63.6 Å². The Balaban J connectivity index is 1.59. The molecule has 6 aliphatic rings. The normalized spacial score (nSPS) is 74.8. The SMILES string of the molecule is COC(=O)C12C3C4C1C1C2C3C41S(=O)O. The van der Waals surface area contributed by atoms with Crippen LogP contribution in [0.2, 0.25) is 0 Å². The summed E-state index contributed by atoms with van der Waals surface area (Å²) in [5.74, 6) is 2.29. The van der Waals surface area contributed by atoms with Gasteiger partial charge in [0.05, 0.1) is 17.3 Å². The minimum atomic E-state index is -1.67. The summed E-state index contributed by atoms with van der Waals surface area (Å²) in [7, 11) is 1.45. The first-order chi connectivity index (χ1) is 7.16. The summed E-state index contributed by atoms with van der Waals surface area (Å²) in [4.78, 5) is 11.7. The second-order valence-electron chi connectivity index (χ2n) is 5.68. The van der Waals surface area contributed by atoms with Gasteiger partial charge in [0, 0.05) is 0 Å². The van der Waals surface area contributed by atoms with Gasteiger partial charge in [-0.3, -0.25) is 4.79 Å². The second-order valence-corrected chi connectivity index (χ2v) is 6.89. The molecule has 0 aromatic rings. The molecule has 1 N–H and O–H groups in total. The average Bonchev–Trinajstić information content (AvgIpc) is 2.27. The van der Waals surface area contributed by atoms with Gasteiger partial charge in [0.15, 0.2) is 11.1 Å². The minimum absolute atomic E-state index is 0.0525.